The Hall–Kier alpha value is -3.83. The predicted molar refractivity (Wildman–Crippen MR) is 101 cm³/mol. The summed E-state index contributed by atoms with van der Waals surface area (Å²) in [5.74, 6) is -0.970. The van der Waals surface area contributed by atoms with Crippen molar-refractivity contribution in [2.45, 2.75) is 19.8 Å². The van der Waals surface area contributed by atoms with Gasteiger partial charge < -0.3 is 4.90 Å². The highest BCUT2D eigenvalue weighted by molar-refractivity contribution is 5.98. The molecule has 1 amide bonds. The molecule has 0 aliphatic rings. The van der Waals surface area contributed by atoms with Crippen molar-refractivity contribution in [2.75, 3.05) is 23.9 Å². The number of nitrogens with one attached hydrogen (secondary N) is 2. The molecule has 28 heavy (non-hydrogen) atoms. The van der Waals surface area contributed by atoms with Crippen LogP contribution in [0.4, 0.5) is 23.0 Å². The van der Waals surface area contributed by atoms with Crippen molar-refractivity contribution < 1.29 is 14.6 Å². The summed E-state index contributed by atoms with van der Waals surface area (Å²) in [6.07, 6.45) is 2.85. The third kappa shape index (κ3) is 4.66. The number of carbonyl (C=O) groups is 1. The van der Waals surface area contributed by atoms with E-state index >= 15 is 0 Å². The van der Waals surface area contributed by atoms with E-state index in [2.05, 4.69) is 20.8 Å². The van der Waals surface area contributed by atoms with Gasteiger partial charge in [0.2, 0.25) is 11.6 Å². The first-order valence-corrected chi connectivity index (χ1v) is 8.37. The van der Waals surface area contributed by atoms with Crippen LogP contribution in [-0.2, 0) is 0 Å². The maximum absolute atomic E-state index is 12.3. The van der Waals surface area contributed by atoms with Gasteiger partial charge in [0.25, 0.3) is 11.6 Å². The van der Waals surface area contributed by atoms with E-state index in [1.807, 2.05) is 6.92 Å². The lowest BCUT2D eigenvalue weighted by atomic mass is 10.2. The molecule has 2 N–H and O–H groups in total. The van der Waals surface area contributed by atoms with E-state index in [-0.39, 0.29) is 22.9 Å². The standard InChI is InChI=1S/C16H19N7O5/c1-3-4-9-21(2)15-13(23(27)28)14(17-10-18-15)19-20-16(24)11-7-5-6-8-12(11)22(25)26/h5-8,10H,3-4,9H2,1-2H3,(H,20,24)(H,17,18,19). The molecule has 0 bridgehead atoms. The van der Waals surface area contributed by atoms with Crippen LogP contribution in [-0.4, -0.2) is 39.3 Å². The van der Waals surface area contributed by atoms with E-state index < -0.39 is 21.4 Å². The summed E-state index contributed by atoms with van der Waals surface area (Å²) >= 11 is 0. The highest BCUT2D eigenvalue weighted by Gasteiger charge is 2.26. The summed E-state index contributed by atoms with van der Waals surface area (Å²) in [5.41, 5.74) is 3.58. The Balaban J connectivity index is 2.26. The molecule has 12 heteroatoms. The van der Waals surface area contributed by atoms with E-state index in [1.54, 1.807) is 11.9 Å². The predicted octanol–water partition coefficient (Wildman–Crippen LogP) is 2.29. The Morgan fingerprint density at radius 2 is 1.89 bits per heavy atom. The summed E-state index contributed by atoms with van der Waals surface area (Å²) in [7, 11) is 1.67. The first-order valence-electron chi connectivity index (χ1n) is 8.37. The molecule has 2 rings (SSSR count). The van der Waals surface area contributed by atoms with Crippen LogP contribution in [0.3, 0.4) is 0 Å². The Morgan fingerprint density at radius 1 is 1.18 bits per heavy atom. The summed E-state index contributed by atoms with van der Waals surface area (Å²) in [6, 6.07) is 5.35. The van der Waals surface area contributed by atoms with Crippen molar-refractivity contribution in [2.24, 2.45) is 0 Å². The van der Waals surface area contributed by atoms with E-state index in [0.29, 0.717) is 6.54 Å². The molecule has 0 aliphatic heterocycles. The third-order valence-corrected chi connectivity index (χ3v) is 3.83. The quantitative estimate of drug-likeness (QED) is 0.485. The van der Waals surface area contributed by atoms with Gasteiger partial charge in [-0.1, -0.05) is 25.5 Å². The smallest absolute Gasteiger partial charge is 0.354 e. The number of nitrogens with zero attached hydrogens (tertiary/aromatic N) is 5. The monoisotopic (exact) mass is 389 g/mol. The fourth-order valence-electron chi connectivity index (χ4n) is 2.42. The average Bonchev–Trinajstić information content (AvgIpc) is 2.69. The maximum atomic E-state index is 12.3. The molecule has 2 aromatic rings. The largest absolute Gasteiger partial charge is 0.355 e. The molecule has 0 aliphatic carbocycles. The molecule has 0 fully saturated rings. The van der Waals surface area contributed by atoms with Crippen molar-refractivity contribution >= 4 is 28.9 Å². The molecule has 0 saturated heterocycles. The van der Waals surface area contributed by atoms with E-state index in [4.69, 9.17) is 0 Å². The normalized spacial score (nSPS) is 10.2. The first-order chi connectivity index (χ1) is 13.4. The van der Waals surface area contributed by atoms with E-state index in [0.717, 1.165) is 19.2 Å². The van der Waals surface area contributed by atoms with Gasteiger partial charge in [-0.05, 0) is 12.5 Å². The molecule has 0 spiro atoms. The van der Waals surface area contributed by atoms with Crippen LogP contribution < -0.4 is 15.8 Å². The van der Waals surface area contributed by atoms with Crippen LogP contribution in [0.5, 0.6) is 0 Å². The molecular weight excluding hydrogens is 370 g/mol. The zero-order valence-electron chi connectivity index (χ0n) is 15.3. The third-order valence-electron chi connectivity index (χ3n) is 3.83. The SMILES string of the molecule is CCCCN(C)c1ncnc(NNC(=O)c2ccccc2[N+](=O)[O-])c1[N+](=O)[O-]. The Morgan fingerprint density at radius 3 is 2.54 bits per heavy atom. The molecular formula is C16H19N7O5. The number of hydrazine groups is 1. The number of hydrogen-bond acceptors (Lipinski definition) is 9. The second kappa shape index (κ2) is 9.21. The van der Waals surface area contributed by atoms with Crippen LogP contribution in [0.15, 0.2) is 30.6 Å². The number of benzene rings is 1. The number of rotatable bonds is 9. The second-order valence-electron chi connectivity index (χ2n) is 5.78. The number of amides is 1. The molecule has 148 valence electrons. The summed E-state index contributed by atoms with van der Waals surface area (Å²) in [5, 5.41) is 22.6. The Labute approximate surface area is 159 Å². The van der Waals surface area contributed by atoms with Crippen molar-refractivity contribution in [1.82, 2.24) is 15.4 Å². The fourth-order valence-corrected chi connectivity index (χ4v) is 2.42. The van der Waals surface area contributed by atoms with Crippen molar-refractivity contribution in [3.05, 3.63) is 56.4 Å². The molecule has 1 aromatic heterocycles. The van der Waals surface area contributed by atoms with Gasteiger partial charge in [-0.15, -0.1) is 0 Å². The minimum absolute atomic E-state index is 0.0934. The van der Waals surface area contributed by atoms with Gasteiger partial charge in [0.05, 0.1) is 9.85 Å². The number of aromatic nitrogens is 2. The number of anilines is 2. The molecule has 0 atom stereocenters. The van der Waals surface area contributed by atoms with Crippen LogP contribution >= 0.6 is 0 Å². The maximum Gasteiger partial charge on any atom is 0.355 e. The number of unbranched alkanes of at least 4 members (excludes halogenated alkanes) is 1. The van der Waals surface area contributed by atoms with Gasteiger partial charge >= 0.3 is 5.69 Å². The minimum atomic E-state index is -0.832. The Bertz CT molecular complexity index is 889. The van der Waals surface area contributed by atoms with Gasteiger partial charge in [0, 0.05) is 19.7 Å². The van der Waals surface area contributed by atoms with Crippen LogP contribution in [0.25, 0.3) is 0 Å². The lowest BCUT2D eigenvalue weighted by molar-refractivity contribution is -0.385. The molecule has 0 saturated carbocycles. The van der Waals surface area contributed by atoms with Crippen molar-refractivity contribution in [3.63, 3.8) is 0 Å². The highest BCUT2D eigenvalue weighted by atomic mass is 16.6. The van der Waals surface area contributed by atoms with Crippen molar-refractivity contribution in [1.29, 1.82) is 0 Å². The lowest BCUT2D eigenvalue weighted by Crippen LogP contribution is -2.31. The zero-order chi connectivity index (χ0) is 20.7. The number of hydrogen-bond donors (Lipinski definition) is 2. The number of para-hydroxylation sites is 1. The molecule has 1 aromatic carbocycles. The molecule has 0 radical (unpaired) electrons. The van der Waals surface area contributed by atoms with Gasteiger partial charge in [-0.25, -0.2) is 9.97 Å². The topological polar surface area (TPSA) is 156 Å². The second-order valence-corrected chi connectivity index (χ2v) is 5.78. The van der Waals surface area contributed by atoms with E-state index in [9.17, 15) is 25.0 Å². The molecule has 12 nitrogen and oxygen atoms in total. The first kappa shape index (κ1) is 20.5. The van der Waals surface area contributed by atoms with Gasteiger partial charge in [0.15, 0.2) is 0 Å². The Kier molecular flexibility index (Phi) is 6.73. The van der Waals surface area contributed by atoms with Gasteiger partial charge in [-0.2, -0.15) is 0 Å². The summed E-state index contributed by atoms with van der Waals surface area (Å²) < 4.78 is 0. The number of nitro benzene ring substituents is 1. The average molecular weight is 389 g/mol. The minimum Gasteiger partial charge on any atom is -0.354 e. The van der Waals surface area contributed by atoms with Crippen LogP contribution in [0.1, 0.15) is 30.1 Å². The van der Waals surface area contributed by atoms with E-state index in [1.165, 1.54) is 24.3 Å². The zero-order valence-corrected chi connectivity index (χ0v) is 15.3. The number of carbonyl (C=O) groups excluding carboxylic acids is 1. The lowest BCUT2D eigenvalue weighted by Gasteiger charge is -2.18. The molecule has 1 heterocycles. The van der Waals surface area contributed by atoms with Gasteiger partial charge in [-0.3, -0.25) is 35.9 Å². The van der Waals surface area contributed by atoms with Crippen LogP contribution in [0, 0.1) is 20.2 Å². The number of nitro groups is 2. The fraction of sp³-hybridized carbons (Fsp3) is 0.312. The highest BCUT2D eigenvalue weighted by Crippen LogP contribution is 2.30. The van der Waals surface area contributed by atoms with Crippen molar-refractivity contribution in [3.8, 4) is 0 Å². The summed E-state index contributed by atoms with van der Waals surface area (Å²) in [4.78, 5) is 42.9. The van der Waals surface area contributed by atoms with Gasteiger partial charge in [0.1, 0.15) is 11.9 Å². The summed E-state index contributed by atoms with van der Waals surface area (Å²) in [6.45, 7) is 2.55. The molecule has 0 unspecified atom stereocenters. The van der Waals surface area contributed by atoms with Crippen LogP contribution in [0.2, 0.25) is 0 Å².